The number of carbonyl (C=O) groups is 2. The molecule has 0 radical (unpaired) electrons. The summed E-state index contributed by atoms with van der Waals surface area (Å²) < 4.78 is 9.71. The van der Waals surface area contributed by atoms with Crippen LogP contribution in [-0.2, 0) is 14.3 Å². The Labute approximate surface area is 113 Å². The van der Waals surface area contributed by atoms with Crippen molar-refractivity contribution >= 4 is 40.9 Å². The molecule has 1 heterocycles. The van der Waals surface area contributed by atoms with Crippen molar-refractivity contribution in [1.82, 2.24) is 0 Å². The third-order valence-electron chi connectivity index (χ3n) is 2.28. The Bertz CT molecular complexity index is 563. The summed E-state index contributed by atoms with van der Waals surface area (Å²) in [6, 6.07) is 2.89. The van der Waals surface area contributed by atoms with Gasteiger partial charge in [-0.2, -0.15) is 0 Å². The van der Waals surface area contributed by atoms with Crippen LogP contribution in [-0.4, -0.2) is 18.5 Å². The highest BCUT2D eigenvalue weighted by Crippen LogP contribution is 2.35. The fourth-order valence-corrected chi connectivity index (χ4v) is 1.85. The van der Waals surface area contributed by atoms with Crippen molar-refractivity contribution in [2.24, 2.45) is 0 Å². The number of cyclic esters (lactones) is 1. The highest BCUT2D eigenvalue weighted by molar-refractivity contribution is 6.42. The third kappa shape index (κ3) is 2.35. The molecule has 0 aliphatic carbocycles. The van der Waals surface area contributed by atoms with Crippen molar-refractivity contribution in [2.75, 3.05) is 6.61 Å². The zero-order valence-corrected chi connectivity index (χ0v) is 10.8. The molecule has 2 rings (SSSR count). The maximum Gasteiger partial charge on any atom is 0.344 e. The van der Waals surface area contributed by atoms with Gasteiger partial charge in [0.1, 0.15) is 5.76 Å². The predicted octanol–water partition coefficient (Wildman–Crippen LogP) is 3.07. The molecular formula is C12H8Cl2O4. The third-order valence-corrected chi connectivity index (χ3v) is 3.01. The average Bonchev–Trinajstić information content (AvgIpc) is 2.57. The van der Waals surface area contributed by atoms with Gasteiger partial charge >= 0.3 is 11.9 Å². The molecule has 0 amide bonds. The van der Waals surface area contributed by atoms with Crippen molar-refractivity contribution in [3.05, 3.63) is 39.4 Å². The van der Waals surface area contributed by atoms with E-state index in [0.717, 1.165) is 6.08 Å². The van der Waals surface area contributed by atoms with E-state index in [0.29, 0.717) is 5.56 Å². The second-order valence-electron chi connectivity index (χ2n) is 3.46. The second-order valence-corrected chi connectivity index (χ2v) is 4.28. The molecule has 4 nitrogen and oxygen atoms in total. The van der Waals surface area contributed by atoms with E-state index in [4.69, 9.17) is 32.7 Å². The summed E-state index contributed by atoms with van der Waals surface area (Å²) in [7, 11) is 0. The highest BCUT2D eigenvalue weighted by atomic mass is 35.5. The summed E-state index contributed by atoms with van der Waals surface area (Å²) in [5, 5.41) is 0.535. The SMILES string of the molecule is CCOC(=O)C=C1OC(=O)c2cc(Cl)c(Cl)cc21. The van der Waals surface area contributed by atoms with Crippen LogP contribution >= 0.6 is 23.2 Å². The fraction of sp³-hybridized carbons (Fsp3) is 0.167. The number of carbonyl (C=O) groups excluding carboxylic acids is 2. The van der Waals surface area contributed by atoms with Gasteiger partial charge in [-0.05, 0) is 19.1 Å². The van der Waals surface area contributed by atoms with E-state index >= 15 is 0 Å². The molecule has 1 aliphatic heterocycles. The summed E-state index contributed by atoms with van der Waals surface area (Å²) in [5.74, 6) is -1.04. The molecule has 0 fully saturated rings. The lowest BCUT2D eigenvalue weighted by molar-refractivity contribution is -0.137. The van der Waals surface area contributed by atoms with Gasteiger partial charge in [0.15, 0.2) is 0 Å². The molecule has 6 heteroatoms. The van der Waals surface area contributed by atoms with Gasteiger partial charge in [-0.1, -0.05) is 23.2 Å². The summed E-state index contributed by atoms with van der Waals surface area (Å²) in [5.41, 5.74) is 0.711. The minimum atomic E-state index is -0.584. The van der Waals surface area contributed by atoms with Crippen LogP contribution in [0, 0.1) is 0 Å². The molecule has 0 unspecified atom stereocenters. The van der Waals surface area contributed by atoms with Crippen molar-refractivity contribution < 1.29 is 19.1 Å². The van der Waals surface area contributed by atoms with Crippen molar-refractivity contribution in [3.8, 4) is 0 Å². The summed E-state index contributed by atoms with van der Waals surface area (Å²) in [6.45, 7) is 1.92. The molecule has 0 bridgehead atoms. The standard InChI is InChI=1S/C12H8Cl2O4/c1-2-17-11(15)5-10-6-3-8(13)9(14)4-7(6)12(16)18-10/h3-5H,2H2,1H3. The lowest BCUT2D eigenvalue weighted by atomic mass is 10.1. The lowest BCUT2D eigenvalue weighted by Gasteiger charge is -2.00. The minimum Gasteiger partial charge on any atom is -0.463 e. The van der Waals surface area contributed by atoms with Gasteiger partial charge in [0.2, 0.25) is 0 Å². The average molecular weight is 287 g/mol. The topological polar surface area (TPSA) is 52.6 Å². The van der Waals surface area contributed by atoms with E-state index < -0.39 is 11.9 Å². The number of rotatable bonds is 2. The zero-order valence-electron chi connectivity index (χ0n) is 9.33. The molecule has 18 heavy (non-hydrogen) atoms. The Morgan fingerprint density at radius 2 is 1.94 bits per heavy atom. The summed E-state index contributed by atoms with van der Waals surface area (Å²) >= 11 is 11.7. The van der Waals surface area contributed by atoms with Gasteiger partial charge in [-0.15, -0.1) is 0 Å². The van der Waals surface area contributed by atoms with Gasteiger partial charge in [0.05, 0.1) is 28.3 Å². The van der Waals surface area contributed by atoms with Gasteiger partial charge in [-0.25, -0.2) is 9.59 Å². The number of hydrogen-bond acceptors (Lipinski definition) is 4. The molecule has 0 aromatic heterocycles. The Kier molecular flexibility index (Phi) is 3.59. The lowest BCUT2D eigenvalue weighted by Crippen LogP contribution is -2.01. The van der Waals surface area contributed by atoms with Crippen LogP contribution in [0.5, 0.6) is 0 Å². The van der Waals surface area contributed by atoms with E-state index in [9.17, 15) is 9.59 Å². The summed E-state index contributed by atoms with van der Waals surface area (Å²) in [4.78, 5) is 22.9. The minimum absolute atomic E-state index is 0.118. The molecule has 1 aliphatic rings. The number of ether oxygens (including phenoxy) is 2. The fourth-order valence-electron chi connectivity index (χ4n) is 1.53. The Morgan fingerprint density at radius 1 is 1.33 bits per heavy atom. The van der Waals surface area contributed by atoms with E-state index in [-0.39, 0.29) is 28.0 Å². The molecule has 94 valence electrons. The number of hydrogen-bond donors (Lipinski definition) is 0. The second kappa shape index (κ2) is 5.00. The van der Waals surface area contributed by atoms with Crippen LogP contribution in [0.4, 0.5) is 0 Å². The van der Waals surface area contributed by atoms with E-state index in [1.165, 1.54) is 12.1 Å². The molecule has 0 saturated heterocycles. The number of fused-ring (bicyclic) bond motifs is 1. The van der Waals surface area contributed by atoms with Gasteiger partial charge in [-0.3, -0.25) is 0 Å². The van der Waals surface area contributed by atoms with Crippen molar-refractivity contribution in [3.63, 3.8) is 0 Å². The van der Waals surface area contributed by atoms with Crippen LogP contribution in [0.2, 0.25) is 10.0 Å². The maximum absolute atomic E-state index is 11.6. The van der Waals surface area contributed by atoms with Crippen molar-refractivity contribution in [1.29, 1.82) is 0 Å². The monoisotopic (exact) mass is 286 g/mol. The van der Waals surface area contributed by atoms with Gasteiger partial charge < -0.3 is 9.47 Å². The number of esters is 2. The number of benzene rings is 1. The van der Waals surface area contributed by atoms with E-state index in [2.05, 4.69) is 0 Å². The maximum atomic E-state index is 11.6. The van der Waals surface area contributed by atoms with Gasteiger partial charge in [0, 0.05) is 5.56 Å². The Hall–Kier alpha value is -1.52. The largest absolute Gasteiger partial charge is 0.463 e. The van der Waals surface area contributed by atoms with Crippen LogP contribution in [0.3, 0.4) is 0 Å². The first-order valence-corrected chi connectivity index (χ1v) is 5.88. The van der Waals surface area contributed by atoms with Crippen LogP contribution in [0.1, 0.15) is 22.8 Å². The zero-order chi connectivity index (χ0) is 13.3. The first-order chi connectivity index (χ1) is 8.52. The Morgan fingerprint density at radius 3 is 2.56 bits per heavy atom. The number of halogens is 2. The molecule has 1 aromatic rings. The smallest absolute Gasteiger partial charge is 0.344 e. The van der Waals surface area contributed by atoms with Crippen LogP contribution in [0.25, 0.3) is 5.76 Å². The Balaban J connectivity index is 2.44. The molecule has 1 aromatic carbocycles. The summed E-state index contributed by atoms with van der Waals surface area (Å²) in [6.07, 6.45) is 1.11. The van der Waals surface area contributed by atoms with Crippen molar-refractivity contribution in [2.45, 2.75) is 6.92 Å². The molecule has 0 saturated carbocycles. The van der Waals surface area contributed by atoms with Gasteiger partial charge in [0.25, 0.3) is 0 Å². The molecule has 0 spiro atoms. The van der Waals surface area contributed by atoms with E-state index in [1.54, 1.807) is 6.92 Å². The highest BCUT2D eigenvalue weighted by Gasteiger charge is 2.28. The van der Waals surface area contributed by atoms with E-state index in [1.807, 2.05) is 0 Å². The first-order valence-electron chi connectivity index (χ1n) is 5.13. The normalized spacial score (nSPS) is 15.5. The van der Waals surface area contributed by atoms with Crippen LogP contribution < -0.4 is 0 Å². The van der Waals surface area contributed by atoms with Crippen LogP contribution in [0.15, 0.2) is 18.2 Å². The quantitative estimate of drug-likeness (QED) is 0.619. The first kappa shape index (κ1) is 12.9. The molecular weight excluding hydrogens is 279 g/mol. The molecule has 0 N–H and O–H groups in total. The molecule has 0 atom stereocenters. The predicted molar refractivity (Wildman–Crippen MR) is 66.5 cm³/mol.